The summed E-state index contributed by atoms with van der Waals surface area (Å²) in [6, 6.07) is 22.7. The summed E-state index contributed by atoms with van der Waals surface area (Å²) in [6.07, 6.45) is 0. The van der Waals surface area contributed by atoms with Crippen LogP contribution in [0.15, 0.2) is 78.9 Å². The smallest absolute Gasteiger partial charge is 0.339 e. The first-order valence-electron chi connectivity index (χ1n) is 9.02. The highest BCUT2D eigenvalue weighted by Gasteiger charge is 2.35. The Balaban J connectivity index is 1.33. The van der Waals surface area contributed by atoms with Gasteiger partial charge in [0.25, 0.3) is 11.8 Å². The zero-order valence-corrected chi connectivity index (χ0v) is 15.4. The molecule has 0 N–H and O–H groups in total. The molecule has 29 heavy (non-hydrogen) atoms. The van der Waals surface area contributed by atoms with Crippen LogP contribution in [0.4, 0.5) is 0 Å². The van der Waals surface area contributed by atoms with Crippen LogP contribution in [0.25, 0.3) is 0 Å². The van der Waals surface area contributed by atoms with Gasteiger partial charge >= 0.3 is 5.97 Å². The SMILES string of the molecule is O=C(OCN1C(=O)c2ccccc2C1=O)c1ccc(COc2ccccc2)cc1. The Morgan fingerprint density at radius 3 is 1.97 bits per heavy atom. The molecular formula is C23H17NO5. The van der Waals surface area contributed by atoms with Gasteiger partial charge in [0.2, 0.25) is 0 Å². The third-order valence-electron chi connectivity index (χ3n) is 4.54. The second kappa shape index (κ2) is 7.98. The molecule has 0 bridgehead atoms. The first kappa shape index (κ1) is 18.4. The van der Waals surface area contributed by atoms with E-state index in [0.29, 0.717) is 23.3 Å². The molecule has 144 valence electrons. The maximum Gasteiger partial charge on any atom is 0.339 e. The van der Waals surface area contributed by atoms with Crippen molar-refractivity contribution in [3.05, 3.63) is 101 Å². The van der Waals surface area contributed by atoms with Crippen LogP contribution < -0.4 is 4.74 Å². The predicted molar refractivity (Wildman–Crippen MR) is 104 cm³/mol. The van der Waals surface area contributed by atoms with Crippen molar-refractivity contribution in [2.75, 3.05) is 6.73 Å². The number of esters is 1. The highest BCUT2D eigenvalue weighted by atomic mass is 16.5. The average molecular weight is 387 g/mol. The van der Waals surface area contributed by atoms with E-state index in [4.69, 9.17) is 9.47 Å². The zero-order chi connectivity index (χ0) is 20.2. The maximum atomic E-state index is 12.3. The molecule has 0 aliphatic carbocycles. The number of rotatable bonds is 6. The summed E-state index contributed by atoms with van der Waals surface area (Å²) >= 11 is 0. The first-order valence-corrected chi connectivity index (χ1v) is 9.02. The van der Waals surface area contributed by atoms with Crippen molar-refractivity contribution in [3.63, 3.8) is 0 Å². The first-order chi connectivity index (χ1) is 14.1. The molecule has 2 amide bonds. The Bertz CT molecular complexity index is 1030. The molecule has 1 heterocycles. The van der Waals surface area contributed by atoms with E-state index in [2.05, 4.69) is 0 Å². The Morgan fingerprint density at radius 1 is 0.759 bits per heavy atom. The van der Waals surface area contributed by atoms with Crippen molar-refractivity contribution in [2.24, 2.45) is 0 Å². The van der Waals surface area contributed by atoms with Crippen LogP contribution in [0.5, 0.6) is 5.75 Å². The van der Waals surface area contributed by atoms with Crippen LogP contribution in [-0.4, -0.2) is 29.4 Å². The molecule has 0 radical (unpaired) electrons. The van der Waals surface area contributed by atoms with Gasteiger partial charge in [-0.3, -0.25) is 9.59 Å². The number of ether oxygens (including phenoxy) is 2. The third kappa shape index (κ3) is 3.87. The van der Waals surface area contributed by atoms with Gasteiger partial charge in [0.05, 0.1) is 16.7 Å². The summed E-state index contributed by atoms with van der Waals surface area (Å²) < 4.78 is 10.8. The van der Waals surface area contributed by atoms with Gasteiger partial charge in [-0.15, -0.1) is 0 Å². The fourth-order valence-electron chi connectivity index (χ4n) is 2.98. The summed E-state index contributed by atoms with van der Waals surface area (Å²) in [5, 5.41) is 0. The highest BCUT2D eigenvalue weighted by molar-refractivity contribution is 6.21. The lowest BCUT2D eigenvalue weighted by molar-refractivity contribution is 0.0228. The molecule has 6 nitrogen and oxygen atoms in total. The zero-order valence-electron chi connectivity index (χ0n) is 15.4. The fraction of sp³-hybridized carbons (Fsp3) is 0.0870. The van der Waals surface area contributed by atoms with Gasteiger partial charge in [-0.1, -0.05) is 42.5 Å². The number of carbonyl (C=O) groups is 3. The van der Waals surface area contributed by atoms with E-state index in [1.54, 1.807) is 48.5 Å². The standard InChI is InChI=1S/C23H17NO5/c25-21-19-8-4-5-9-20(19)22(26)24(21)15-29-23(27)17-12-10-16(11-13-17)14-28-18-6-2-1-3-7-18/h1-13H,14-15H2. The molecule has 4 rings (SSSR count). The van der Waals surface area contributed by atoms with Crippen molar-refractivity contribution >= 4 is 17.8 Å². The van der Waals surface area contributed by atoms with Gasteiger partial charge in [0.15, 0.2) is 6.73 Å². The van der Waals surface area contributed by atoms with Gasteiger partial charge in [-0.25, -0.2) is 9.69 Å². The summed E-state index contributed by atoms with van der Waals surface area (Å²) in [5.74, 6) is -0.785. The highest BCUT2D eigenvalue weighted by Crippen LogP contribution is 2.22. The van der Waals surface area contributed by atoms with Crippen molar-refractivity contribution in [1.82, 2.24) is 4.90 Å². The summed E-state index contributed by atoms with van der Waals surface area (Å²) in [6.45, 7) is -0.0571. The lowest BCUT2D eigenvalue weighted by Crippen LogP contribution is -2.33. The second-order valence-corrected chi connectivity index (χ2v) is 6.44. The number of fused-ring (bicyclic) bond motifs is 1. The Hall–Kier alpha value is -3.93. The van der Waals surface area contributed by atoms with Crippen molar-refractivity contribution in [3.8, 4) is 5.75 Å². The molecule has 6 heteroatoms. The molecule has 0 spiro atoms. The number of para-hydroxylation sites is 1. The largest absolute Gasteiger partial charge is 0.489 e. The van der Waals surface area contributed by atoms with E-state index in [-0.39, 0.29) is 0 Å². The van der Waals surface area contributed by atoms with Crippen molar-refractivity contribution in [2.45, 2.75) is 6.61 Å². The topological polar surface area (TPSA) is 72.9 Å². The van der Waals surface area contributed by atoms with Crippen LogP contribution in [0.2, 0.25) is 0 Å². The molecule has 0 atom stereocenters. The molecule has 0 saturated heterocycles. The number of benzene rings is 3. The lowest BCUT2D eigenvalue weighted by atomic mass is 10.1. The summed E-state index contributed by atoms with van der Waals surface area (Å²) in [5.41, 5.74) is 1.85. The molecule has 3 aromatic carbocycles. The number of amides is 2. The Labute approximate surface area is 167 Å². The number of carbonyl (C=O) groups excluding carboxylic acids is 3. The minimum atomic E-state index is -0.614. The molecular weight excluding hydrogens is 370 g/mol. The molecule has 0 fully saturated rings. The predicted octanol–water partition coefficient (Wildman–Crippen LogP) is 3.68. The van der Waals surface area contributed by atoms with E-state index in [9.17, 15) is 14.4 Å². The minimum Gasteiger partial charge on any atom is -0.489 e. The van der Waals surface area contributed by atoms with Crippen LogP contribution in [0.1, 0.15) is 36.6 Å². The Kier molecular flexibility index (Phi) is 5.07. The van der Waals surface area contributed by atoms with Gasteiger partial charge in [0.1, 0.15) is 12.4 Å². The number of hydrogen-bond donors (Lipinski definition) is 0. The molecule has 1 aliphatic heterocycles. The van der Waals surface area contributed by atoms with E-state index in [0.717, 1.165) is 16.2 Å². The quantitative estimate of drug-likeness (QED) is 0.477. The van der Waals surface area contributed by atoms with Gasteiger partial charge < -0.3 is 9.47 Å². The van der Waals surface area contributed by atoms with Crippen LogP contribution >= 0.6 is 0 Å². The van der Waals surface area contributed by atoms with E-state index >= 15 is 0 Å². The van der Waals surface area contributed by atoms with Gasteiger partial charge in [-0.05, 0) is 42.0 Å². The van der Waals surface area contributed by atoms with E-state index in [1.165, 1.54) is 0 Å². The Morgan fingerprint density at radius 2 is 1.34 bits per heavy atom. The minimum absolute atomic E-state index is 0.316. The van der Waals surface area contributed by atoms with Crippen molar-refractivity contribution < 1.29 is 23.9 Å². The number of nitrogens with zero attached hydrogens (tertiary/aromatic N) is 1. The molecule has 0 saturated carbocycles. The van der Waals surface area contributed by atoms with Gasteiger partial charge in [-0.2, -0.15) is 0 Å². The monoisotopic (exact) mass is 387 g/mol. The lowest BCUT2D eigenvalue weighted by Gasteiger charge is -2.14. The molecule has 3 aromatic rings. The van der Waals surface area contributed by atoms with Crippen LogP contribution in [-0.2, 0) is 11.3 Å². The number of imide groups is 1. The maximum absolute atomic E-state index is 12.3. The second-order valence-electron chi connectivity index (χ2n) is 6.44. The molecule has 0 aromatic heterocycles. The van der Waals surface area contributed by atoms with E-state index in [1.807, 2.05) is 30.3 Å². The van der Waals surface area contributed by atoms with Crippen LogP contribution in [0, 0.1) is 0 Å². The number of hydrogen-bond acceptors (Lipinski definition) is 5. The van der Waals surface area contributed by atoms with Crippen molar-refractivity contribution in [1.29, 1.82) is 0 Å². The third-order valence-corrected chi connectivity index (χ3v) is 4.54. The van der Waals surface area contributed by atoms with Crippen LogP contribution in [0.3, 0.4) is 0 Å². The summed E-state index contributed by atoms with van der Waals surface area (Å²) in [7, 11) is 0. The summed E-state index contributed by atoms with van der Waals surface area (Å²) in [4.78, 5) is 37.8. The van der Waals surface area contributed by atoms with E-state index < -0.39 is 24.5 Å². The fourth-order valence-corrected chi connectivity index (χ4v) is 2.98. The average Bonchev–Trinajstić information content (AvgIpc) is 3.02. The molecule has 1 aliphatic rings. The normalized spacial score (nSPS) is 12.6. The molecule has 0 unspecified atom stereocenters. The van der Waals surface area contributed by atoms with Gasteiger partial charge in [0, 0.05) is 0 Å².